The fourth-order valence-electron chi connectivity index (χ4n) is 3.18. The number of hydrogen-bond acceptors (Lipinski definition) is 4. The lowest BCUT2D eigenvalue weighted by molar-refractivity contribution is -0.148. The summed E-state index contributed by atoms with van der Waals surface area (Å²) in [5.41, 5.74) is 2.26. The first-order chi connectivity index (χ1) is 15.1. The molecule has 0 saturated carbocycles. The van der Waals surface area contributed by atoms with E-state index in [2.05, 4.69) is 15.0 Å². The molecule has 0 aliphatic carbocycles. The van der Waals surface area contributed by atoms with Crippen LogP contribution in [-0.4, -0.2) is 32.6 Å². The lowest BCUT2D eigenvalue weighted by atomic mass is 9.95. The van der Waals surface area contributed by atoms with Crippen LogP contribution in [-0.2, 0) is 4.79 Å². The van der Waals surface area contributed by atoms with Crippen LogP contribution in [0.5, 0.6) is 5.88 Å². The van der Waals surface area contributed by atoms with Gasteiger partial charge in [-0.05, 0) is 62.7 Å². The minimum absolute atomic E-state index is 0.0275. The van der Waals surface area contributed by atoms with E-state index < -0.39 is 23.0 Å². The molecule has 4 rings (SSSR count). The van der Waals surface area contributed by atoms with Gasteiger partial charge in [-0.3, -0.25) is 4.79 Å². The Bertz CT molecular complexity index is 1330. The quantitative estimate of drug-likeness (QED) is 0.424. The van der Waals surface area contributed by atoms with E-state index in [1.165, 1.54) is 24.3 Å². The number of halogens is 2. The van der Waals surface area contributed by atoms with Crippen molar-refractivity contribution in [2.45, 2.75) is 20.8 Å². The molecule has 0 spiro atoms. The molecular formula is C24H21F2N3O3. The molecule has 0 aliphatic rings. The minimum Gasteiger partial charge on any atom is -0.481 e. The predicted molar refractivity (Wildman–Crippen MR) is 116 cm³/mol. The third-order valence-electron chi connectivity index (χ3n) is 5.18. The summed E-state index contributed by atoms with van der Waals surface area (Å²) in [6.45, 7) is 4.90. The van der Waals surface area contributed by atoms with Gasteiger partial charge in [-0.25, -0.2) is 18.7 Å². The zero-order valence-corrected chi connectivity index (χ0v) is 17.7. The molecule has 164 valence electrons. The van der Waals surface area contributed by atoms with Crippen LogP contribution < -0.4 is 4.74 Å². The summed E-state index contributed by atoms with van der Waals surface area (Å²) in [5.74, 6) is -1.20. The summed E-state index contributed by atoms with van der Waals surface area (Å²) in [4.78, 5) is 22.8. The van der Waals surface area contributed by atoms with Crippen molar-refractivity contribution >= 4 is 17.0 Å². The second-order valence-corrected chi connectivity index (χ2v) is 8.27. The molecule has 0 atom stereocenters. The minimum atomic E-state index is -1.05. The largest absolute Gasteiger partial charge is 0.481 e. The molecule has 6 nitrogen and oxygen atoms in total. The molecule has 0 fully saturated rings. The maximum Gasteiger partial charge on any atom is 0.312 e. The Morgan fingerprint density at radius 1 is 1.12 bits per heavy atom. The third kappa shape index (κ3) is 4.16. The van der Waals surface area contributed by atoms with Crippen molar-refractivity contribution in [1.82, 2.24) is 15.0 Å². The van der Waals surface area contributed by atoms with Crippen molar-refractivity contribution in [3.63, 3.8) is 0 Å². The zero-order valence-electron chi connectivity index (χ0n) is 17.7. The van der Waals surface area contributed by atoms with E-state index in [1.807, 2.05) is 0 Å². The Hall–Kier alpha value is -3.81. The topological polar surface area (TPSA) is 88.1 Å². The number of ether oxygens (including phenoxy) is 1. The molecule has 4 aromatic rings. The van der Waals surface area contributed by atoms with Gasteiger partial charge in [0, 0.05) is 17.3 Å². The van der Waals surface area contributed by atoms with E-state index >= 15 is 0 Å². The van der Waals surface area contributed by atoms with Gasteiger partial charge in [0.25, 0.3) is 0 Å². The molecule has 2 N–H and O–H groups in total. The third-order valence-corrected chi connectivity index (χ3v) is 5.18. The highest BCUT2D eigenvalue weighted by molar-refractivity contribution is 5.80. The Morgan fingerprint density at radius 2 is 1.91 bits per heavy atom. The van der Waals surface area contributed by atoms with Crippen molar-refractivity contribution in [3.05, 3.63) is 65.9 Å². The Labute approximate surface area is 182 Å². The van der Waals surface area contributed by atoms with Crippen LogP contribution in [0, 0.1) is 24.0 Å². The highest BCUT2D eigenvalue weighted by Crippen LogP contribution is 2.30. The summed E-state index contributed by atoms with van der Waals surface area (Å²) in [6, 6.07) is 10.7. The van der Waals surface area contributed by atoms with Crippen molar-refractivity contribution in [2.24, 2.45) is 5.41 Å². The van der Waals surface area contributed by atoms with Gasteiger partial charge in [0.2, 0.25) is 5.88 Å². The van der Waals surface area contributed by atoms with Gasteiger partial charge in [0.15, 0.2) is 0 Å². The van der Waals surface area contributed by atoms with Crippen LogP contribution in [0.2, 0.25) is 0 Å². The monoisotopic (exact) mass is 437 g/mol. The number of aromatic nitrogens is 3. The fraction of sp³-hybridized carbons (Fsp3) is 0.208. The van der Waals surface area contributed by atoms with Crippen LogP contribution in [0.1, 0.15) is 19.4 Å². The average molecular weight is 437 g/mol. The molecule has 2 aromatic carbocycles. The lowest BCUT2D eigenvalue weighted by Gasteiger charge is -2.19. The molecule has 8 heteroatoms. The van der Waals surface area contributed by atoms with E-state index in [9.17, 15) is 18.7 Å². The number of H-pyrrole nitrogens is 1. The first-order valence-corrected chi connectivity index (χ1v) is 9.92. The number of nitrogens with zero attached hydrogens (tertiary/aromatic N) is 2. The van der Waals surface area contributed by atoms with E-state index in [-0.39, 0.29) is 12.2 Å². The molecule has 2 aromatic heterocycles. The van der Waals surface area contributed by atoms with Gasteiger partial charge in [-0.15, -0.1) is 0 Å². The van der Waals surface area contributed by atoms with Crippen molar-refractivity contribution in [3.8, 4) is 28.4 Å². The second-order valence-electron chi connectivity index (χ2n) is 8.27. The van der Waals surface area contributed by atoms with Crippen molar-refractivity contribution in [2.75, 3.05) is 6.61 Å². The van der Waals surface area contributed by atoms with Gasteiger partial charge < -0.3 is 14.8 Å². The molecule has 32 heavy (non-hydrogen) atoms. The van der Waals surface area contributed by atoms with Gasteiger partial charge in [0.1, 0.15) is 24.1 Å². The van der Waals surface area contributed by atoms with Crippen molar-refractivity contribution in [1.29, 1.82) is 0 Å². The van der Waals surface area contributed by atoms with Gasteiger partial charge in [-0.1, -0.05) is 6.07 Å². The van der Waals surface area contributed by atoms with Crippen LogP contribution in [0.25, 0.3) is 33.5 Å². The smallest absolute Gasteiger partial charge is 0.312 e. The first-order valence-electron chi connectivity index (χ1n) is 9.92. The number of imidazole rings is 1. The van der Waals surface area contributed by atoms with Crippen LogP contribution in [0.4, 0.5) is 8.78 Å². The SMILES string of the molecule is Cc1cc(-c2ccc(-c3nc4ccc(F)cc4[nH]3)c(F)c2)cnc1OCC(C)(C)C(=O)O. The molecule has 0 bridgehead atoms. The highest BCUT2D eigenvalue weighted by atomic mass is 19.1. The number of aryl methyl sites for hydroxylation is 1. The molecular weight excluding hydrogens is 416 g/mol. The second kappa shape index (κ2) is 8.03. The number of pyridine rings is 1. The Balaban J connectivity index is 1.58. The number of aromatic amines is 1. The number of carboxylic acid groups (broad SMARTS) is 1. The normalized spacial score (nSPS) is 11.7. The standard InChI is InChI=1S/C24H21F2N3O3/c1-13-8-15(11-27-22(13)32-12-24(2,3)23(30)31)14-4-6-17(18(26)9-14)21-28-19-7-5-16(25)10-20(19)29-21/h4-11H,12H2,1-3H3,(H,28,29)(H,30,31). The van der Waals surface area contributed by atoms with Gasteiger partial charge in [-0.2, -0.15) is 0 Å². The number of benzene rings is 2. The summed E-state index contributed by atoms with van der Waals surface area (Å²) in [6.07, 6.45) is 1.55. The van der Waals surface area contributed by atoms with E-state index in [4.69, 9.17) is 4.74 Å². The number of rotatable bonds is 6. The highest BCUT2D eigenvalue weighted by Gasteiger charge is 2.28. The number of fused-ring (bicyclic) bond motifs is 1. The Morgan fingerprint density at radius 3 is 2.59 bits per heavy atom. The summed E-state index contributed by atoms with van der Waals surface area (Å²) < 4.78 is 33.9. The fourth-order valence-corrected chi connectivity index (χ4v) is 3.18. The zero-order chi connectivity index (χ0) is 23.0. The summed E-state index contributed by atoms with van der Waals surface area (Å²) >= 11 is 0. The lowest BCUT2D eigenvalue weighted by Crippen LogP contribution is -2.31. The molecule has 0 amide bonds. The molecule has 0 unspecified atom stereocenters. The first kappa shape index (κ1) is 21.4. The number of carboxylic acids is 1. The molecule has 2 heterocycles. The molecule has 0 saturated heterocycles. The van der Waals surface area contributed by atoms with Crippen molar-refractivity contribution < 1.29 is 23.4 Å². The predicted octanol–water partition coefficient (Wildman–Crippen LogP) is 5.37. The van der Waals surface area contributed by atoms with Crippen LogP contribution in [0.3, 0.4) is 0 Å². The van der Waals surface area contributed by atoms with Crippen LogP contribution >= 0.6 is 0 Å². The summed E-state index contributed by atoms with van der Waals surface area (Å²) in [7, 11) is 0. The molecule has 0 radical (unpaired) electrons. The van der Waals surface area contributed by atoms with Crippen LogP contribution in [0.15, 0.2) is 48.7 Å². The number of nitrogens with one attached hydrogen (secondary N) is 1. The molecule has 0 aliphatic heterocycles. The number of carbonyl (C=O) groups is 1. The number of aliphatic carboxylic acids is 1. The van der Waals surface area contributed by atoms with E-state index in [0.29, 0.717) is 39.4 Å². The van der Waals surface area contributed by atoms with E-state index in [0.717, 1.165) is 0 Å². The van der Waals surface area contributed by atoms with Gasteiger partial charge >= 0.3 is 5.97 Å². The average Bonchev–Trinajstić information content (AvgIpc) is 3.15. The summed E-state index contributed by atoms with van der Waals surface area (Å²) in [5, 5.41) is 9.21. The maximum absolute atomic E-state index is 14.9. The number of hydrogen-bond donors (Lipinski definition) is 2. The van der Waals surface area contributed by atoms with E-state index in [1.54, 1.807) is 45.2 Å². The maximum atomic E-state index is 14.9. The van der Waals surface area contributed by atoms with Gasteiger partial charge in [0.05, 0.1) is 22.0 Å². The Kier molecular flexibility index (Phi) is 5.38.